The summed E-state index contributed by atoms with van der Waals surface area (Å²) >= 11 is 0. The second-order valence-electron chi connectivity index (χ2n) is 10.4. The maximum Gasteiger partial charge on any atom is 0.263 e. The van der Waals surface area contributed by atoms with Crippen LogP contribution in [0, 0.1) is 19.8 Å². The Balaban J connectivity index is 1.92. The van der Waals surface area contributed by atoms with E-state index in [1.165, 1.54) is 0 Å². The summed E-state index contributed by atoms with van der Waals surface area (Å²) in [7, 11) is -2.36. The lowest BCUT2D eigenvalue weighted by Crippen LogP contribution is -2.51. The average molecular weight is 583 g/mol. The molecule has 0 saturated heterocycles. The van der Waals surface area contributed by atoms with Crippen molar-refractivity contribution in [1.82, 2.24) is 15.4 Å². The predicted octanol–water partition coefficient (Wildman–Crippen LogP) is 5.83. The van der Waals surface area contributed by atoms with Gasteiger partial charge in [-0.2, -0.15) is 0 Å². The summed E-state index contributed by atoms with van der Waals surface area (Å²) in [6.45, 7) is 9.83. The molecule has 9 nitrogen and oxygen atoms in total. The number of nitrogens with zero attached hydrogens (tertiary/aromatic N) is 2. The van der Waals surface area contributed by atoms with Gasteiger partial charge in [0, 0.05) is 31.1 Å². The van der Waals surface area contributed by atoms with Crippen molar-refractivity contribution in [3.8, 4) is 11.1 Å². The normalized spacial score (nSPS) is 12.9. The number of sulfonamides is 1. The summed E-state index contributed by atoms with van der Waals surface area (Å²) in [6.07, 6.45) is 3.87. The van der Waals surface area contributed by atoms with Crippen molar-refractivity contribution in [2.24, 2.45) is 5.92 Å². The van der Waals surface area contributed by atoms with Gasteiger partial charge in [0.25, 0.3) is 10.0 Å². The first-order chi connectivity index (χ1) is 19.5. The minimum Gasteiger partial charge on any atom is -0.359 e. The van der Waals surface area contributed by atoms with E-state index in [1.54, 1.807) is 50.1 Å². The first-order valence-corrected chi connectivity index (χ1v) is 15.7. The molecule has 1 heterocycles. The van der Waals surface area contributed by atoms with Gasteiger partial charge in [0.05, 0.1) is 4.90 Å². The van der Waals surface area contributed by atoms with Crippen molar-refractivity contribution >= 4 is 27.7 Å². The molecule has 1 unspecified atom stereocenters. The predicted molar refractivity (Wildman–Crippen MR) is 161 cm³/mol. The Hall–Kier alpha value is -3.66. The number of hydrogen-bond donors (Lipinski definition) is 2. The zero-order valence-corrected chi connectivity index (χ0v) is 25.7. The minimum absolute atomic E-state index is 0.0222. The fourth-order valence-corrected chi connectivity index (χ4v) is 6.00. The Labute approximate surface area is 243 Å². The Kier molecular flexibility index (Phi) is 11.1. The molecule has 0 aliphatic rings. The van der Waals surface area contributed by atoms with E-state index in [4.69, 9.17) is 4.52 Å². The Morgan fingerprint density at radius 2 is 1.71 bits per heavy atom. The molecular formula is C31H42N4O5S. The van der Waals surface area contributed by atoms with Crippen LogP contribution < -0.4 is 10.0 Å². The molecule has 0 aliphatic heterocycles. The lowest BCUT2D eigenvalue weighted by molar-refractivity contribution is -0.143. The highest BCUT2D eigenvalue weighted by molar-refractivity contribution is 7.92. The summed E-state index contributed by atoms with van der Waals surface area (Å²) in [6, 6.07) is 13.6. The molecule has 0 fully saturated rings. The van der Waals surface area contributed by atoms with Gasteiger partial charge in [-0.05, 0) is 43.4 Å². The first kappa shape index (κ1) is 31.9. The van der Waals surface area contributed by atoms with Crippen LogP contribution in [0.15, 0.2) is 57.9 Å². The van der Waals surface area contributed by atoms with Crippen LogP contribution in [0.5, 0.6) is 0 Å². The molecule has 222 valence electrons. The Bertz CT molecular complexity index is 1430. The van der Waals surface area contributed by atoms with E-state index in [2.05, 4.69) is 22.1 Å². The zero-order valence-electron chi connectivity index (χ0n) is 24.9. The number of amides is 2. The number of aryl methyl sites for hydroxylation is 1. The molecular weight excluding hydrogens is 540 g/mol. The van der Waals surface area contributed by atoms with Crippen LogP contribution in [0.1, 0.15) is 69.8 Å². The maximum atomic E-state index is 13.4. The van der Waals surface area contributed by atoms with Gasteiger partial charge in [-0.3, -0.25) is 14.3 Å². The second kappa shape index (κ2) is 14.3. The number of rotatable bonds is 14. The van der Waals surface area contributed by atoms with Crippen molar-refractivity contribution in [2.45, 2.75) is 84.2 Å². The molecule has 3 rings (SSSR count). The molecule has 3 aromatic rings. The lowest BCUT2D eigenvalue weighted by atomic mass is 9.95. The summed E-state index contributed by atoms with van der Waals surface area (Å²) in [5.74, 6) is 0.451. The first-order valence-electron chi connectivity index (χ1n) is 14.2. The number of nitrogens with one attached hydrogen (secondary N) is 2. The van der Waals surface area contributed by atoms with Crippen LogP contribution in [0.4, 0.5) is 5.82 Å². The van der Waals surface area contributed by atoms with E-state index in [-0.39, 0.29) is 35.0 Å². The van der Waals surface area contributed by atoms with Gasteiger partial charge in [-0.15, -0.1) is 0 Å². The van der Waals surface area contributed by atoms with Gasteiger partial charge in [-0.1, -0.05) is 87.7 Å². The summed E-state index contributed by atoms with van der Waals surface area (Å²) < 4.78 is 34.3. The van der Waals surface area contributed by atoms with E-state index in [0.29, 0.717) is 28.9 Å². The largest absolute Gasteiger partial charge is 0.359 e. The van der Waals surface area contributed by atoms with Crippen molar-refractivity contribution in [1.29, 1.82) is 0 Å². The van der Waals surface area contributed by atoms with Crippen LogP contribution in [-0.4, -0.2) is 43.4 Å². The number of hydrogen-bond acceptors (Lipinski definition) is 6. The van der Waals surface area contributed by atoms with Gasteiger partial charge < -0.3 is 14.7 Å². The number of aromatic nitrogens is 1. The maximum absolute atomic E-state index is 13.4. The van der Waals surface area contributed by atoms with Gasteiger partial charge in [0.1, 0.15) is 11.8 Å². The molecule has 0 spiro atoms. The number of likely N-dealkylation sites (N-methyl/N-ethyl adjacent to an activating group) is 1. The van der Waals surface area contributed by atoms with Gasteiger partial charge in [0.2, 0.25) is 11.8 Å². The highest BCUT2D eigenvalue weighted by Crippen LogP contribution is 2.30. The number of unbranched alkanes of at least 4 members (excludes halogenated alkanes) is 2. The minimum atomic E-state index is -3.96. The topological polar surface area (TPSA) is 122 Å². The third-order valence-electron chi connectivity index (χ3n) is 7.53. The molecule has 0 saturated carbocycles. The molecule has 0 bridgehead atoms. The SMILES string of the molecule is CCCCCC(=O)N(Cc1ccc(-c2ccccc2S(=O)(=O)Nc2noc(C)c2C)cc1)[C@H](C(=O)NC)C(C)CC. The average Bonchev–Trinajstić information content (AvgIpc) is 3.28. The molecule has 41 heavy (non-hydrogen) atoms. The van der Waals surface area contributed by atoms with Crippen LogP contribution in [0.3, 0.4) is 0 Å². The molecule has 0 aliphatic carbocycles. The van der Waals surface area contributed by atoms with Crippen LogP contribution in [0.25, 0.3) is 11.1 Å². The van der Waals surface area contributed by atoms with Crippen molar-refractivity contribution in [2.75, 3.05) is 11.8 Å². The van der Waals surface area contributed by atoms with E-state index in [9.17, 15) is 18.0 Å². The Morgan fingerprint density at radius 3 is 2.29 bits per heavy atom. The van der Waals surface area contributed by atoms with E-state index in [0.717, 1.165) is 31.2 Å². The summed E-state index contributed by atoms with van der Waals surface area (Å²) in [5.41, 5.74) is 2.70. The molecule has 1 aromatic heterocycles. The van der Waals surface area contributed by atoms with Gasteiger partial charge in [0.15, 0.2) is 5.82 Å². The zero-order chi connectivity index (χ0) is 30.2. The Morgan fingerprint density at radius 1 is 1.02 bits per heavy atom. The molecule has 0 radical (unpaired) electrons. The quantitative estimate of drug-likeness (QED) is 0.231. The monoisotopic (exact) mass is 582 g/mol. The van der Waals surface area contributed by atoms with Crippen LogP contribution in [0.2, 0.25) is 0 Å². The molecule has 2 amide bonds. The number of carbonyl (C=O) groups is 2. The van der Waals surface area contributed by atoms with E-state index >= 15 is 0 Å². The third kappa shape index (κ3) is 7.75. The lowest BCUT2D eigenvalue weighted by Gasteiger charge is -2.34. The van der Waals surface area contributed by atoms with Crippen LogP contribution in [-0.2, 0) is 26.2 Å². The highest BCUT2D eigenvalue weighted by Gasteiger charge is 2.33. The van der Waals surface area contributed by atoms with Gasteiger partial charge in [-0.25, -0.2) is 8.42 Å². The molecule has 2 aromatic carbocycles. The molecule has 2 atom stereocenters. The molecule has 10 heteroatoms. The fourth-order valence-electron chi connectivity index (χ4n) is 4.71. The van der Waals surface area contributed by atoms with Crippen molar-refractivity contribution in [3.05, 3.63) is 65.4 Å². The molecule has 2 N–H and O–H groups in total. The van der Waals surface area contributed by atoms with E-state index in [1.807, 2.05) is 38.1 Å². The van der Waals surface area contributed by atoms with Gasteiger partial charge >= 0.3 is 0 Å². The van der Waals surface area contributed by atoms with E-state index < -0.39 is 16.1 Å². The number of carbonyl (C=O) groups excluding carboxylic acids is 2. The van der Waals surface area contributed by atoms with Crippen molar-refractivity contribution < 1.29 is 22.5 Å². The second-order valence-corrected chi connectivity index (χ2v) is 12.1. The highest BCUT2D eigenvalue weighted by atomic mass is 32.2. The third-order valence-corrected chi connectivity index (χ3v) is 8.93. The standard InChI is InChI=1S/C31H42N4O5S/c1-7-9-10-15-28(36)35(29(21(3)8-2)31(37)32-6)20-24-16-18-25(19-17-24)26-13-11-12-14-27(26)41(38,39)34-30-22(4)23(5)40-33-30/h11-14,16-19,21,29H,7-10,15,20H2,1-6H3,(H,32,37)(H,33,34)/t21?,29-/m0/s1. The number of anilines is 1. The summed E-state index contributed by atoms with van der Waals surface area (Å²) in [4.78, 5) is 28.1. The number of benzene rings is 2. The van der Waals surface area contributed by atoms with Crippen molar-refractivity contribution in [3.63, 3.8) is 0 Å². The smallest absolute Gasteiger partial charge is 0.263 e. The summed E-state index contributed by atoms with van der Waals surface area (Å²) in [5, 5.41) is 6.57. The van der Waals surface area contributed by atoms with Crippen LogP contribution >= 0.6 is 0 Å². The fraction of sp³-hybridized carbons (Fsp3) is 0.452.